The Morgan fingerprint density at radius 1 is 1.70 bits per heavy atom. The molecule has 0 bridgehead atoms. The molecule has 0 radical (unpaired) electrons. The second kappa shape index (κ2) is 3.17. The first-order valence-electron chi connectivity index (χ1n) is 3.60. The molecule has 0 aromatic rings. The van der Waals surface area contributed by atoms with Gasteiger partial charge in [-0.3, -0.25) is 0 Å². The molecule has 0 aromatic carbocycles. The van der Waals surface area contributed by atoms with Crippen molar-refractivity contribution in [3.63, 3.8) is 0 Å². The summed E-state index contributed by atoms with van der Waals surface area (Å²) in [5, 5.41) is 9.27. The van der Waals surface area contributed by atoms with Crippen LogP contribution in [0.2, 0.25) is 0 Å². The molecule has 2 atom stereocenters. The Kier molecular flexibility index (Phi) is 2.46. The molecule has 0 spiro atoms. The van der Waals surface area contributed by atoms with Gasteiger partial charge in [0, 0.05) is 5.92 Å². The second-order valence-electron chi connectivity index (χ2n) is 3.03. The lowest BCUT2D eigenvalue weighted by Crippen LogP contribution is -2.17. The van der Waals surface area contributed by atoms with Crippen molar-refractivity contribution < 1.29 is 9.84 Å². The summed E-state index contributed by atoms with van der Waals surface area (Å²) in [5.74, 6) is 0.289. The van der Waals surface area contributed by atoms with Crippen LogP contribution in [0.3, 0.4) is 0 Å². The van der Waals surface area contributed by atoms with Crippen molar-refractivity contribution in [3.8, 4) is 0 Å². The summed E-state index contributed by atoms with van der Waals surface area (Å²) in [5.41, 5.74) is 1.12. The lowest BCUT2D eigenvalue weighted by atomic mass is 9.98. The Balaban J connectivity index is 2.33. The minimum absolute atomic E-state index is 0.267. The summed E-state index contributed by atoms with van der Waals surface area (Å²) in [6.07, 6.45) is 0.623. The molecule has 1 N–H and O–H groups in total. The normalized spacial score (nSPS) is 32.6. The fraction of sp³-hybridized carbons (Fsp3) is 0.750. The topological polar surface area (TPSA) is 29.5 Å². The van der Waals surface area contributed by atoms with Gasteiger partial charge in [0.15, 0.2) is 0 Å². The van der Waals surface area contributed by atoms with Crippen molar-refractivity contribution >= 4 is 0 Å². The average molecular weight is 142 g/mol. The summed E-state index contributed by atoms with van der Waals surface area (Å²) in [7, 11) is 0. The standard InChI is InChI=1S/C8H14O2/c1-6(2)3-7-4-10-5-8(7)9/h7-9H,1,3-5H2,2H3/t7-,8-/m1/s1. The van der Waals surface area contributed by atoms with Crippen LogP contribution in [-0.2, 0) is 4.74 Å². The summed E-state index contributed by atoms with van der Waals surface area (Å²) in [6, 6.07) is 0. The van der Waals surface area contributed by atoms with Crippen molar-refractivity contribution in [3.05, 3.63) is 12.2 Å². The second-order valence-corrected chi connectivity index (χ2v) is 3.03. The van der Waals surface area contributed by atoms with Gasteiger partial charge in [0.1, 0.15) is 0 Å². The highest BCUT2D eigenvalue weighted by atomic mass is 16.5. The van der Waals surface area contributed by atoms with Gasteiger partial charge in [0.25, 0.3) is 0 Å². The molecule has 0 aliphatic carbocycles. The van der Waals surface area contributed by atoms with Gasteiger partial charge in [-0.15, -0.1) is 6.58 Å². The van der Waals surface area contributed by atoms with Crippen molar-refractivity contribution in [2.24, 2.45) is 5.92 Å². The number of hydrogen-bond acceptors (Lipinski definition) is 2. The van der Waals surface area contributed by atoms with E-state index in [2.05, 4.69) is 6.58 Å². The maximum absolute atomic E-state index is 9.27. The number of hydrogen-bond donors (Lipinski definition) is 1. The summed E-state index contributed by atoms with van der Waals surface area (Å²) in [4.78, 5) is 0. The molecule has 0 saturated carbocycles. The van der Waals surface area contributed by atoms with Crippen LogP contribution in [0.4, 0.5) is 0 Å². The first-order chi connectivity index (χ1) is 4.70. The molecule has 1 aliphatic rings. The van der Waals surface area contributed by atoms with E-state index in [1.165, 1.54) is 0 Å². The van der Waals surface area contributed by atoms with E-state index in [1.54, 1.807) is 0 Å². The number of aliphatic hydroxyl groups is 1. The van der Waals surface area contributed by atoms with Crippen molar-refractivity contribution in [2.75, 3.05) is 13.2 Å². The first-order valence-corrected chi connectivity index (χ1v) is 3.60. The third kappa shape index (κ3) is 1.82. The van der Waals surface area contributed by atoms with Crippen LogP contribution in [0.25, 0.3) is 0 Å². The van der Waals surface area contributed by atoms with Gasteiger partial charge in [-0.25, -0.2) is 0 Å². The average Bonchev–Trinajstić information content (AvgIpc) is 2.15. The zero-order valence-electron chi connectivity index (χ0n) is 6.34. The fourth-order valence-corrected chi connectivity index (χ4v) is 1.23. The maximum atomic E-state index is 9.27. The maximum Gasteiger partial charge on any atom is 0.0826 e. The minimum atomic E-state index is -0.267. The van der Waals surface area contributed by atoms with Gasteiger partial charge in [-0.05, 0) is 13.3 Å². The Morgan fingerprint density at radius 3 is 2.80 bits per heavy atom. The van der Waals surface area contributed by atoms with Crippen LogP contribution in [0, 0.1) is 5.92 Å². The molecule has 2 nitrogen and oxygen atoms in total. The van der Waals surface area contributed by atoms with Gasteiger partial charge in [0.05, 0.1) is 19.3 Å². The highest BCUT2D eigenvalue weighted by Crippen LogP contribution is 2.20. The molecule has 0 aromatic heterocycles. The number of aliphatic hydroxyl groups excluding tert-OH is 1. The van der Waals surface area contributed by atoms with Crippen molar-refractivity contribution in [1.82, 2.24) is 0 Å². The van der Waals surface area contributed by atoms with E-state index in [0.29, 0.717) is 13.2 Å². The molecule has 0 amide bonds. The number of ether oxygens (including phenoxy) is 1. The van der Waals surface area contributed by atoms with Gasteiger partial charge in [-0.2, -0.15) is 0 Å². The molecule has 0 unspecified atom stereocenters. The summed E-state index contributed by atoms with van der Waals surface area (Å²) in [6.45, 7) is 6.95. The van der Waals surface area contributed by atoms with E-state index in [9.17, 15) is 5.11 Å². The van der Waals surface area contributed by atoms with Crippen LogP contribution in [0.1, 0.15) is 13.3 Å². The van der Waals surface area contributed by atoms with Crippen LogP contribution in [-0.4, -0.2) is 24.4 Å². The third-order valence-electron chi connectivity index (χ3n) is 1.78. The predicted octanol–water partition coefficient (Wildman–Crippen LogP) is 0.960. The molecular formula is C8H14O2. The molecule has 1 rings (SSSR count). The van der Waals surface area contributed by atoms with E-state index in [1.807, 2.05) is 6.92 Å². The molecule has 1 fully saturated rings. The van der Waals surface area contributed by atoms with Crippen LogP contribution >= 0.6 is 0 Å². The number of rotatable bonds is 2. The largest absolute Gasteiger partial charge is 0.390 e. The van der Waals surface area contributed by atoms with Gasteiger partial charge in [-0.1, -0.05) is 5.57 Å². The fourth-order valence-electron chi connectivity index (χ4n) is 1.23. The van der Waals surface area contributed by atoms with Crippen LogP contribution < -0.4 is 0 Å². The van der Waals surface area contributed by atoms with Crippen molar-refractivity contribution in [1.29, 1.82) is 0 Å². The lowest BCUT2D eigenvalue weighted by Gasteiger charge is -2.10. The zero-order chi connectivity index (χ0) is 7.56. The Morgan fingerprint density at radius 2 is 2.40 bits per heavy atom. The Hall–Kier alpha value is -0.340. The quantitative estimate of drug-likeness (QED) is 0.582. The Bertz CT molecular complexity index is 131. The van der Waals surface area contributed by atoms with Crippen LogP contribution in [0.15, 0.2) is 12.2 Å². The summed E-state index contributed by atoms with van der Waals surface area (Å²) >= 11 is 0. The SMILES string of the molecule is C=C(C)C[C@@H]1COC[C@H]1O. The number of allylic oxidation sites excluding steroid dienone is 1. The highest BCUT2D eigenvalue weighted by Gasteiger charge is 2.25. The van der Waals surface area contributed by atoms with E-state index >= 15 is 0 Å². The molecule has 1 aliphatic heterocycles. The lowest BCUT2D eigenvalue weighted by molar-refractivity contribution is 0.118. The van der Waals surface area contributed by atoms with E-state index in [-0.39, 0.29) is 12.0 Å². The van der Waals surface area contributed by atoms with E-state index in [0.717, 1.165) is 12.0 Å². The van der Waals surface area contributed by atoms with Gasteiger partial charge >= 0.3 is 0 Å². The van der Waals surface area contributed by atoms with Gasteiger partial charge < -0.3 is 9.84 Å². The molecule has 2 heteroatoms. The first kappa shape index (κ1) is 7.76. The molecule has 58 valence electrons. The predicted molar refractivity (Wildman–Crippen MR) is 39.7 cm³/mol. The zero-order valence-corrected chi connectivity index (χ0v) is 6.34. The van der Waals surface area contributed by atoms with E-state index in [4.69, 9.17) is 4.74 Å². The molecule has 1 saturated heterocycles. The summed E-state index contributed by atoms with van der Waals surface area (Å²) < 4.78 is 5.08. The highest BCUT2D eigenvalue weighted by molar-refractivity contribution is 4.93. The van der Waals surface area contributed by atoms with E-state index < -0.39 is 0 Å². The van der Waals surface area contributed by atoms with Gasteiger partial charge in [0.2, 0.25) is 0 Å². The smallest absolute Gasteiger partial charge is 0.0826 e. The molecule has 10 heavy (non-hydrogen) atoms. The monoisotopic (exact) mass is 142 g/mol. The van der Waals surface area contributed by atoms with Crippen LogP contribution in [0.5, 0.6) is 0 Å². The third-order valence-corrected chi connectivity index (χ3v) is 1.78. The molecule has 1 heterocycles. The Labute approximate surface area is 61.5 Å². The van der Waals surface area contributed by atoms with Crippen molar-refractivity contribution in [2.45, 2.75) is 19.4 Å². The minimum Gasteiger partial charge on any atom is -0.390 e. The molecular weight excluding hydrogens is 128 g/mol.